The summed E-state index contributed by atoms with van der Waals surface area (Å²) in [7, 11) is 1.40. The van der Waals surface area contributed by atoms with Gasteiger partial charge in [-0.3, -0.25) is 9.59 Å². The van der Waals surface area contributed by atoms with Crippen LogP contribution in [0.3, 0.4) is 0 Å². The van der Waals surface area contributed by atoms with Crippen molar-refractivity contribution in [3.05, 3.63) is 53.9 Å². The van der Waals surface area contributed by atoms with Crippen molar-refractivity contribution in [2.24, 2.45) is 5.92 Å². The Balaban J connectivity index is 1.78. The van der Waals surface area contributed by atoms with Gasteiger partial charge in [0.1, 0.15) is 18.2 Å². The smallest absolute Gasteiger partial charge is 0.329 e. The summed E-state index contributed by atoms with van der Waals surface area (Å²) in [6.07, 6.45) is 0.563. The molecule has 1 aliphatic heterocycles. The van der Waals surface area contributed by atoms with Crippen molar-refractivity contribution >= 4 is 17.8 Å². The summed E-state index contributed by atoms with van der Waals surface area (Å²) in [5.41, 5.74) is 0.923. The van der Waals surface area contributed by atoms with Gasteiger partial charge in [0.25, 0.3) is 5.91 Å². The highest BCUT2D eigenvalue weighted by Crippen LogP contribution is 2.30. The molecule has 218 valence electrons. The number of nitrogens with one attached hydrogen (secondary N) is 1. The van der Waals surface area contributed by atoms with E-state index in [0.717, 1.165) is 5.56 Å². The zero-order valence-corrected chi connectivity index (χ0v) is 23.6. The second-order valence-corrected chi connectivity index (χ2v) is 9.84. The van der Waals surface area contributed by atoms with Crippen LogP contribution >= 0.6 is 0 Å². The van der Waals surface area contributed by atoms with Crippen LogP contribution in [0.4, 0.5) is 0 Å². The summed E-state index contributed by atoms with van der Waals surface area (Å²) >= 11 is 0. The van der Waals surface area contributed by atoms with Gasteiger partial charge in [-0.1, -0.05) is 44.2 Å². The van der Waals surface area contributed by atoms with Crippen LogP contribution in [0.25, 0.3) is 0 Å². The Morgan fingerprint density at radius 3 is 2.60 bits per heavy atom. The van der Waals surface area contributed by atoms with Gasteiger partial charge >= 0.3 is 11.9 Å². The molecule has 1 aromatic carbocycles. The predicted octanol–water partition coefficient (Wildman–Crippen LogP) is 3.09. The van der Waals surface area contributed by atoms with Gasteiger partial charge in [0, 0.05) is 45.2 Å². The van der Waals surface area contributed by atoms with E-state index >= 15 is 0 Å². The first kappa shape index (κ1) is 30.8. The number of ether oxygens (including phenoxy) is 6. The SMILES string of the molecule is COc1ccnc(C(=O)N[C@H]2CCO[C@H](Cc3ccccc3)[C@@H](OCC(C)C)[C@H](C)OC2=O)c1OCOC(C)=O. The number of benzene rings is 1. The van der Waals surface area contributed by atoms with Crippen molar-refractivity contribution in [3.63, 3.8) is 0 Å². The van der Waals surface area contributed by atoms with Gasteiger partial charge in [-0.05, 0) is 18.4 Å². The van der Waals surface area contributed by atoms with Crippen molar-refractivity contribution in [3.8, 4) is 11.5 Å². The monoisotopic (exact) mass is 558 g/mol. The molecule has 0 saturated carbocycles. The van der Waals surface area contributed by atoms with Gasteiger partial charge in [0.15, 0.2) is 17.2 Å². The number of aromatic nitrogens is 1. The van der Waals surface area contributed by atoms with Crippen molar-refractivity contribution in [2.45, 2.75) is 64.9 Å². The van der Waals surface area contributed by atoms with E-state index in [4.69, 9.17) is 28.4 Å². The number of nitrogens with zero attached hydrogens (tertiary/aromatic N) is 1. The second-order valence-electron chi connectivity index (χ2n) is 9.84. The molecule has 0 spiro atoms. The largest absolute Gasteiger partial charge is 0.493 e. The third-order valence-corrected chi connectivity index (χ3v) is 6.13. The standard InChI is InChI=1S/C29H38N2O9/c1-18(2)16-37-26-19(3)40-29(34)22(12-14-36-24(26)15-21-9-7-6-8-10-21)31-28(33)25-27(39-17-38-20(4)32)23(35-5)11-13-30-25/h6-11,13,18-19,22,24,26H,12,14-17H2,1-5H3,(H,31,33)/t19-,22-,24+,26-/m0/s1. The molecule has 1 aromatic heterocycles. The van der Waals surface area contributed by atoms with E-state index in [1.807, 2.05) is 44.2 Å². The predicted molar refractivity (Wildman–Crippen MR) is 144 cm³/mol. The lowest BCUT2D eigenvalue weighted by atomic mass is 10.00. The Kier molecular flexibility index (Phi) is 11.7. The van der Waals surface area contributed by atoms with Crippen LogP contribution in [0.5, 0.6) is 11.5 Å². The summed E-state index contributed by atoms with van der Waals surface area (Å²) in [5.74, 6) is -1.43. The molecule has 11 heteroatoms. The highest BCUT2D eigenvalue weighted by atomic mass is 16.7. The number of carbonyl (C=O) groups is 3. The number of esters is 2. The first-order valence-corrected chi connectivity index (χ1v) is 13.3. The molecule has 4 atom stereocenters. The minimum atomic E-state index is -1.02. The van der Waals surface area contributed by atoms with E-state index in [9.17, 15) is 14.4 Å². The Morgan fingerprint density at radius 1 is 1.18 bits per heavy atom. The number of cyclic esters (lactones) is 1. The molecule has 1 fully saturated rings. The van der Waals surface area contributed by atoms with E-state index in [0.29, 0.717) is 13.0 Å². The molecular weight excluding hydrogens is 520 g/mol. The molecule has 3 rings (SSSR count). The van der Waals surface area contributed by atoms with E-state index in [1.54, 1.807) is 6.92 Å². The molecule has 40 heavy (non-hydrogen) atoms. The molecule has 2 aromatic rings. The molecule has 0 bridgehead atoms. The molecule has 0 aliphatic carbocycles. The quantitative estimate of drug-likeness (QED) is 0.324. The number of hydrogen-bond acceptors (Lipinski definition) is 10. The third kappa shape index (κ3) is 8.92. The zero-order chi connectivity index (χ0) is 29.1. The average Bonchev–Trinajstić information content (AvgIpc) is 2.96. The van der Waals surface area contributed by atoms with Crippen LogP contribution in [0, 0.1) is 5.92 Å². The zero-order valence-electron chi connectivity index (χ0n) is 23.6. The van der Waals surface area contributed by atoms with E-state index in [2.05, 4.69) is 10.3 Å². The van der Waals surface area contributed by atoms with Crippen LogP contribution in [0.1, 0.15) is 50.2 Å². The Labute approximate surface area is 234 Å². The minimum absolute atomic E-state index is 0.0325. The fourth-order valence-electron chi connectivity index (χ4n) is 4.17. The highest BCUT2D eigenvalue weighted by molar-refractivity contribution is 5.98. The van der Waals surface area contributed by atoms with Crippen molar-refractivity contribution < 1.29 is 42.8 Å². The Hall–Kier alpha value is -3.70. The summed E-state index contributed by atoms with van der Waals surface area (Å²) in [4.78, 5) is 41.7. The topological polar surface area (TPSA) is 132 Å². The van der Waals surface area contributed by atoms with Crippen LogP contribution in [0.2, 0.25) is 0 Å². The minimum Gasteiger partial charge on any atom is -0.493 e. The highest BCUT2D eigenvalue weighted by Gasteiger charge is 2.36. The van der Waals surface area contributed by atoms with E-state index < -0.39 is 42.9 Å². The molecule has 11 nitrogen and oxygen atoms in total. The molecule has 1 N–H and O–H groups in total. The summed E-state index contributed by atoms with van der Waals surface area (Å²) in [6, 6.07) is 10.4. The van der Waals surface area contributed by atoms with Crippen LogP contribution < -0.4 is 14.8 Å². The lowest BCUT2D eigenvalue weighted by molar-refractivity contribution is -0.165. The molecule has 0 unspecified atom stereocenters. The van der Waals surface area contributed by atoms with Gasteiger partial charge < -0.3 is 33.7 Å². The van der Waals surface area contributed by atoms with Crippen molar-refractivity contribution in [2.75, 3.05) is 27.1 Å². The number of hydrogen-bond donors (Lipinski definition) is 1. The van der Waals surface area contributed by atoms with Gasteiger partial charge in [-0.25, -0.2) is 9.78 Å². The Morgan fingerprint density at radius 2 is 1.93 bits per heavy atom. The van der Waals surface area contributed by atoms with Gasteiger partial charge in [-0.15, -0.1) is 0 Å². The third-order valence-electron chi connectivity index (χ3n) is 6.13. The van der Waals surface area contributed by atoms with Crippen LogP contribution in [0.15, 0.2) is 42.6 Å². The van der Waals surface area contributed by atoms with Crippen LogP contribution in [-0.4, -0.2) is 74.3 Å². The van der Waals surface area contributed by atoms with E-state index in [1.165, 1.54) is 26.3 Å². The maximum Gasteiger partial charge on any atom is 0.329 e. The maximum atomic E-state index is 13.3. The fourth-order valence-corrected chi connectivity index (χ4v) is 4.17. The lowest BCUT2D eigenvalue weighted by Crippen LogP contribution is -2.46. The molecule has 1 amide bonds. The number of pyridine rings is 1. The first-order valence-electron chi connectivity index (χ1n) is 13.3. The Bertz CT molecular complexity index is 1130. The molecule has 1 aliphatic rings. The number of rotatable bonds is 11. The van der Waals surface area contributed by atoms with Crippen molar-refractivity contribution in [1.29, 1.82) is 0 Å². The summed E-state index contributed by atoms with van der Waals surface area (Å²) in [5, 5.41) is 2.68. The van der Waals surface area contributed by atoms with Gasteiger partial charge in [-0.2, -0.15) is 0 Å². The number of carbonyl (C=O) groups excluding carboxylic acids is 3. The average molecular weight is 559 g/mol. The van der Waals surface area contributed by atoms with Crippen LogP contribution in [-0.2, 0) is 35.0 Å². The summed E-state index contributed by atoms with van der Waals surface area (Å²) < 4.78 is 33.8. The summed E-state index contributed by atoms with van der Waals surface area (Å²) in [6.45, 7) is 7.27. The fraction of sp³-hybridized carbons (Fsp3) is 0.517. The first-order chi connectivity index (χ1) is 19.2. The normalized spacial score (nSPS) is 21.4. The second kappa shape index (κ2) is 15.2. The number of methoxy groups -OCH3 is 1. The lowest BCUT2D eigenvalue weighted by Gasteiger charge is -2.31. The number of amides is 1. The maximum absolute atomic E-state index is 13.3. The molecular formula is C29H38N2O9. The van der Waals surface area contributed by atoms with Gasteiger partial charge in [0.05, 0.1) is 13.2 Å². The molecule has 1 saturated heterocycles. The molecule has 0 radical (unpaired) electrons. The van der Waals surface area contributed by atoms with Gasteiger partial charge in [0.2, 0.25) is 6.79 Å². The van der Waals surface area contributed by atoms with E-state index in [-0.39, 0.29) is 42.2 Å². The van der Waals surface area contributed by atoms with Crippen molar-refractivity contribution in [1.82, 2.24) is 10.3 Å². The molecule has 2 heterocycles.